The molecule has 1 aromatic heterocycles. The molecule has 0 bridgehead atoms. The molecule has 0 saturated heterocycles. The van der Waals surface area contributed by atoms with Gasteiger partial charge in [-0.2, -0.15) is 9.78 Å². The maximum Gasteiger partial charge on any atom is 0.344 e. The van der Waals surface area contributed by atoms with E-state index in [-0.39, 0.29) is 17.2 Å². The standard InChI is InChI=1S/C22H21BrN4O6/c1-4-12(2)20-25-17-9-8-15(23)10-16(17)21(28)26(20)24-11-14-6-5-7-18(27(31)32)19(14)33-13(3)22(29)30/h5-13H,4H2,1-3H3,(H,29,30)/t12-,13-/m1/s1. The highest BCUT2D eigenvalue weighted by molar-refractivity contribution is 9.10. The lowest BCUT2D eigenvalue weighted by Gasteiger charge is -2.15. The molecule has 2 atom stereocenters. The molecule has 1 heterocycles. The van der Waals surface area contributed by atoms with Gasteiger partial charge in [0.1, 0.15) is 5.82 Å². The van der Waals surface area contributed by atoms with Crippen LogP contribution in [0.15, 0.2) is 50.8 Å². The smallest absolute Gasteiger partial charge is 0.344 e. The van der Waals surface area contributed by atoms with Crippen LogP contribution in [0, 0.1) is 10.1 Å². The van der Waals surface area contributed by atoms with E-state index in [1.807, 2.05) is 13.8 Å². The van der Waals surface area contributed by atoms with Crippen molar-refractivity contribution in [3.63, 3.8) is 0 Å². The summed E-state index contributed by atoms with van der Waals surface area (Å²) in [6.45, 7) is 5.13. The average Bonchev–Trinajstić information content (AvgIpc) is 2.78. The predicted molar refractivity (Wildman–Crippen MR) is 126 cm³/mol. The van der Waals surface area contributed by atoms with Crippen molar-refractivity contribution in [1.29, 1.82) is 0 Å². The van der Waals surface area contributed by atoms with Gasteiger partial charge in [0, 0.05) is 22.0 Å². The number of hydrogen-bond acceptors (Lipinski definition) is 7. The molecular weight excluding hydrogens is 496 g/mol. The fourth-order valence-electron chi connectivity index (χ4n) is 3.04. The average molecular weight is 517 g/mol. The van der Waals surface area contributed by atoms with Crippen LogP contribution in [0.25, 0.3) is 10.9 Å². The van der Waals surface area contributed by atoms with Crippen LogP contribution >= 0.6 is 15.9 Å². The number of carboxylic acids is 1. The molecule has 0 fully saturated rings. The fourth-order valence-corrected chi connectivity index (χ4v) is 3.40. The Morgan fingerprint density at radius 3 is 2.73 bits per heavy atom. The van der Waals surface area contributed by atoms with Crippen molar-refractivity contribution in [2.24, 2.45) is 5.10 Å². The van der Waals surface area contributed by atoms with Crippen LogP contribution in [0.1, 0.15) is 44.5 Å². The topological polar surface area (TPSA) is 137 Å². The van der Waals surface area contributed by atoms with Gasteiger partial charge in [0.25, 0.3) is 5.56 Å². The lowest BCUT2D eigenvalue weighted by Crippen LogP contribution is -2.24. The fraction of sp³-hybridized carbons (Fsp3) is 0.273. The maximum atomic E-state index is 13.2. The number of aliphatic carboxylic acids is 1. The summed E-state index contributed by atoms with van der Waals surface area (Å²) in [6.07, 6.45) is 0.595. The number of nitrogens with zero attached hydrogens (tertiary/aromatic N) is 4. The van der Waals surface area contributed by atoms with E-state index in [0.717, 1.165) is 4.68 Å². The Labute approximate surface area is 196 Å². The molecular formula is C22H21BrN4O6. The molecule has 11 heteroatoms. The molecule has 0 aliphatic carbocycles. The summed E-state index contributed by atoms with van der Waals surface area (Å²) in [4.78, 5) is 39.9. The van der Waals surface area contributed by atoms with Crippen molar-refractivity contribution < 1.29 is 19.6 Å². The molecule has 3 rings (SSSR count). The highest BCUT2D eigenvalue weighted by Gasteiger charge is 2.23. The number of nitro benzene ring substituents is 1. The number of aromatic nitrogens is 2. The van der Waals surface area contributed by atoms with Crippen molar-refractivity contribution in [1.82, 2.24) is 9.66 Å². The van der Waals surface area contributed by atoms with E-state index in [2.05, 4.69) is 26.0 Å². The first kappa shape index (κ1) is 24.1. The number of ether oxygens (including phenoxy) is 1. The van der Waals surface area contributed by atoms with Crippen LogP contribution in [0.3, 0.4) is 0 Å². The molecule has 0 spiro atoms. The molecule has 1 N–H and O–H groups in total. The number of nitro groups is 1. The number of rotatable bonds is 8. The molecule has 0 saturated carbocycles. The predicted octanol–water partition coefficient (Wildman–Crippen LogP) is 4.31. The number of carbonyl (C=O) groups is 1. The maximum absolute atomic E-state index is 13.2. The van der Waals surface area contributed by atoms with E-state index in [9.17, 15) is 19.7 Å². The zero-order chi connectivity index (χ0) is 24.3. The van der Waals surface area contributed by atoms with Crippen LogP contribution in [0.2, 0.25) is 0 Å². The summed E-state index contributed by atoms with van der Waals surface area (Å²) in [6, 6.07) is 9.28. The number of carboxylic acid groups (broad SMARTS) is 1. The third-order valence-corrected chi connectivity index (χ3v) is 5.56. The second kappa shape index (κ2) is 9.90. The van der Waals surface area contributed by atoms with Gasteiger partial charge in [-0.25, -0.2) is 9.78 Å². The van der Waals surface area contributed by atoms with E-state index >= 15 is 0 Å². The summed E-state index contributed by atoms with van der Waals surface area (Å²) in [5.74, 6) is -1.21. The zero-order valence-electron chi connectivity index (χ0n) is 18.1. The summed E-state index contributed by atoms with van der Waals surface area (Å²) in [5.41, 5.74) is -0.144. The second-order valence-electron chi connectivity index (χ2n) is 7.35. The molecule has 172 valence electrons. The number of halogens is 1. The highest BCUT2D eigenvalue weighted by Crippen LogP contribution is 2.31. The lowest BCUT2D eigenvalue weighted by molar-refractivity contribution is -0.386. The van der Waals surface area contributed by atoms with Crippen molar-refractivity contribution in [2.75, 3.05) is 0 Å². The molecule has 0 radical (unpaired) electrons. The Hall–Kier alpha value is -3.60. The van der Waals surface area contributed by atoms with E-state index in [0.29, 0.717) is 27.6 Å². The van der Waals surface area contributed by atoms with Crippen LogP contribution in [0.4, 0.5) is 5.69 Å². The van der Waals surface area contributed by atoms with E-state index in [4.69, 9.17) is 9.84 Å². The molecule has 2 aromatic carbocycles. The van der Waals surface area contributed by atoms with Crippen molar-refractivity contribution in [2.45, 2.75) is 39.2 Å². The largest absolute Gasteiger partial charge is 0.479 e. The van der Waals surface area contributed by atoms with Gasteiger partial charge < -0.3 is 9.84 Å². The zero-order valence-corrected chi connectivity index (χ0v) is 19.6. The molecule has 10 nitrogen and oxygen atoms in total. The van der Waals surface area contributed by atoms with Crippen LogP contribution in [-0.4, -0.2) is 38.0 Å². The summed E-state index contributed by atoms with van der Waals surface area (Å²) < 4.78 is 7.23. The molecule has 0 amide bonds. The SMILES string of the molecule is CC[C@@H](C)c1nc2ccc(Br)cc2c(=O)n1N=Cc1cccc([N+](=O)[O-])c1O[C@H](C)C(=O)O. The molecule has 0 unspecified atom stereocenters. The van der Waals surface area contributed by atoms with E-state index in [1.165, 1.54) is 31.3 Å². The first-order chi connectivity index (χ1) is 15.6. The van der Waals surface area contributed by atoms with Crippen molar-refractivity contribution >= 4 is 44.7 Å². The van der Waals surface area contributed by atoms with Gasteiger partial charge in [0.05, 0.1) is 22.0 Å². The number of hydrogen-bond donors (Lipinski definition) is 1. The summed E-state index contributed by atoms with van der Waals surface area (Å²) >= 11 is 3.35. The van der Waals surface area contributed by atoms with Gasteiger partial charge >= 0.3 is 11.7 Å². The first-order valence-electron chi connectivity index (χ1n) is 10.1. The minimum absolute atomic E-state index is 0.101. The van der Waals surface area contributed by atoms with E-state index < -0.39 is 28.2 Å². The highest BCUT2D eigenvalue weighted by atomic mass is 79.9. The molecule has 3 aromatic rings. The number of fused-ring (bicyclic) bond motifs is 1. The van der Waals surface area contributed by atoms with Gasteiger partial charge in [-0.1, -0.05) is 35.8 Å². The number of benzene rings is 2. The third kappa shape index (κ3) is 5.08. The van der Waals surface area contributed by atoms with Crippen molar-refractivity contribution in [3.8, 4) is 5.75 Å². The first-order valence-corrected chi connectivity index (χ1v) is 10.9. The molecule has 0 aliphatic rings. The summed E-state index contributed by atoms with van der Waals surface area (Å²) in [7, 11) is 0. The quantitative estimate of drug-likeness (QED) is 0.267. The molecule has 0 aliphatic heterocycles. The Morgan fingerprint density at radius 1 is 1.36 bits per heavy atom. The van der Waals surface area contributed by atoms with Gasteiger partial charge in [-0.3, -0.25) is 14.9 Å². The minimum atomic E-state index is -1.34. The van der Waals surface area contributed by atoms with E-state index in [1.54, 1.807) is 18.2 Å². The van der Waals surface area contributed by atoms with Gasteiger partial charge in [-0.05, 0) is 37.6 Å². The lowest BCUT2D eigenvalue weighted by atomic mass is 10.1. The summed E-state index contributed by atoms with van der Waals surface area (Å²) in [5, 5.41) is 25.3. The number of para-hydroxylation sites is 1. The van der Waals surface area contributed by atoms with Gasteiger partial charge in [0.15, 0.2) is 6.10 Å². The van der Waals surface area contributed by atoms with Gasteiger partial charge in [0.2, 0.25) is 5.75 Å². The monoisotopic (exact) mass is 516 g/mol. The Bertz CT molecular complexity index is 1320. The minimum Gasteiger partial charge on any atom is -0.479 e. The second-order valence-corrected chi connectivity index (χ2v) is 8.27. The van der Waals surface area contributed by atoms with Crippen molar-refractivity contribution in [3.05, 3.63) is 72.7 Å². The Balaban J connectivity index is 2.20. The Morgan fingerprint density at radius 2 is 2.09 bits per heavy atom. The molecule has 33 heavy (non-hydrogen) atoms. The van der Waals surface area contributed by atoms with Crippen LogP contribution in [-0.2, 0) is 4.79 Å². The Kier molecular flexibility index (Phi) is 7.22. The van der Waals surface area contributed by atoms with Crippen LogP contribution < -0.4 is 10.3 Å². The normalized spacial score (nSPS) is 13.2. The third-order valence-electron chi connectivity index (χ3n) is 5.06. The van der Waals surface area contributed by atoms with Crippen LogP contribution in [0.5, 0.6) is 5.75 Å². The van der Waals surface area contributed by atoms with Gasteiger partial charge in [-0.15, -0.1) is 0 Å².